The predicted molar refractivity (Wildman–Crippen MR) is 161 cm³/mol. The van der Waals surface area contributed by atoms with Crippen LogP contribution in [0.3, 0.4) is 0 Å². The van der Waals surface area contributed by atoms with Crippen LogP contribution in [0.15, 0.2) is 18.2 Å². The molecule has 0 N–H and O–H groups in total. The zero-order valence-electron chi connectivity index (χ0n) is 25.6. The molecule has 1 nitrogen and oxygen atoms in total. The van der Waals surface area contributed by atoms with Crippen LogP contribution in [0.4, 0.5) is 22.0 Å². The highest BCUT2D eigenvalue weighted by Crippen LogP contribution is 2.48. The fourth-order valence-electron chi connectivity index (χ4n) is 6.66. The molecule has 4 rings (SSSR count). The van der Waals surface area contributed by atoms with Crippen molar-refractivity contribution in [2.45, 2.75) is 148 Å². The summed E-state index contributed by atoms with van der Waals surface area (Å²) in [5, 5.41) is 0. The first-order valence-corrected chi connectivity index (χ1v) is 16.9. The highest BCUT2D eigenvalue weighted by atomic mass is 19.3. The van der Waals surface area contributed by atoms with Gasteiger partial charge >= 0.3 is 0 Å². The highest BCUT2D eigenvalue weighted by molar-refractivity contribution is 5.62. The third kappa shape index (κ3) is 9.02. The predicted octanol–water partition coefficient (Wildman–Crippen LogP) is 12.0. The number of fused-ring (bicyclic) bond motifs is 1. The molecule has 0 spiro atoms. The smallest absolute Gasteiger partial charge is 0.219 e. The summed E-state index contributed by atoms with van der Waals surface area (Å²) in [7, 11) is 0. The molecule has 1 aromatic heterocycles. The molecule has 0 bridgehead atoms. The Morgan fingerprint density at radius 3 is 2.02 bits per heavy atom. The van der Waals surface area contributed by atoms with Crippen LogP contribution < -0.4 is 0 Å². The minimum Gasteiger partial charge on any atom is -0.219 e. The van der Waals surface area contributed by atoms with Crippen molar-refractivity contribution in [3.8, 4) is 11.3 Å². The molecule has 42 heavy (non-hydrogen) atoms. The fourth-order valence-corrected chi connectivity index (χ4v) is 6.66. The fraction of sp³-hybridized carbons (Fsp3) is 0.694. The number of hydrogen-bond donors (Lipinski definition) is 0. The van der Waals surface area contributed by atoms with E-state index in [9.17, 15) is 4.39 Å². The number of pyridine rings is 1. The Balaban J connectivity index is 1.30. The van der Waals surface area contributed by atoms with E-state index in [0.29, 0.717) is 24.8 Å². The monoisotopic (exact) mass is 591 g/mol. The maximum absolute atomic E-state index is 15.4. The SMILES string of the molecule is CCCCCCCCCC1CCc2cc(-c3ccc(CCCCCCCCCC4CC4)c(F)c3F)nc(F)c2C1(F)F. The van der Waals surface area contributed by atoms with Gasteiger partial charge in [0.25, 0.3) is 5.92 Å². The second-order valence-corrected chi connectivity index (χ2v) is 13.0. The van der Waals surface area contributed by atoms with Crippen molar-refractivity contribution < 1.29 is 22.0 Å². The van der Waals surface area contributed by atoms with Gasteiger partial charge in [-0.05, 0) is 61.3 Å². The van der Waals surface area contributed by atoms with E-state index in [1.807, 2.05) is 0 Å². The van der Waals surface area contributed by atoms with Crippen molar-refractivity contribution in [2.24, 2.45) is 11.8 Å². The van der Waals surface area contributed by atoms with Crippen LogP contribution in [0.1, 0.15) is 146 Å². The van der Waals surface area contributed by atoms with Crippen LogP contribution in [-0.2, 0) is 18.8 Å². The van der Waals surface area contributed by atoms with E-state index in [-0.39, 0.29) is 29.7 Å². The topological polar surface area (TPSA) is 12.9 Å². The van der Waals surface area contributed by atoms with Gasteiger partial charge < -0.3 is 0 Å². The zero-order chi connectivity index (χ0) is 30.0. The Labute approximate surface area is 250 Å². The number of benzene rings is 1. The second-order valence-electron chi connectivity index (χ2n) is 13.0. The van der Waals surface area contributed by atoms with Crippen molar-refractivity contribution in [1.29, 1.82) is 0 Å². The van der Waals surface area contributed by atoms with E-state index >= 15 is 17.6 Å². The summed E-state index contributed by atoms with van der Waals surface area (Å²) >= 11 is 0. The lowest BCUT2D eigenvalue weighted by Crippen LogP contribution is -2.33. The molecule has 1 atom stereocenters. The molecule has 2 aromatic rings. The quantitative estimate of drug-likeness (QED) is 0.0899. The van der Waals surface area contributed by atoms with E-state index < -0.39 is 35.0 Å². The van der Waals surface area contributed by atoms with Crippen molar-refractivity contribution in [2.75, 3.05) is 0 Å². The molecule has 1 saturated carbocycles. The number of aryl methyl sites for hydroxylation is 2. The van der Waals surface area contributed by atoms with Gasteiger partial charge in [-0.15, -0.1) is 0 Å². The average Bonchev–Trinajstić information content (AvgIpc) is 3.79. The van der Waals surface area contributed by atoms with Gasteiger partial charge in [0.1, 0.15) is 0 Å². The Hall–Kier alpha value is -1.98. The molecular formula is C36H50F5N. The van der Waals surface area contributed by atoms with Crippen LogP contribution in [0.2, 0.25) is 0 Å². The summed E-state index contributed by atoms with van der Waals surface area (Å²) in [5.74, 6) is -6.57. The lowest BCUT2D eigenvalue weighted by molar-refractivity contribution is -0.0824. The van der Waals surface area contributed by atoms with E-state index in [2.05, 4.69) is 11.9 Å². The minimum atomic E-state index is -3.32. The maximum Gasteiger partial charge on any atom is 0.280 e. The Morgan fingerprint density at radius 2 is 1.36 bits per heavy atom. The van der Waals surface area contributed by atoms with Gasteiger partial charge in [-0.25, -0.2) is 22.5 Å². The zero-order valence-corrected chi connectivity index (χ0v) is 25.6. The molecule has 1 unspecified atom stereocenters. The lowest BCUT2D eigenvalue weighted by Gasteiger charge is -2.33. The Morgan fingerprint density at radius 1 is 0.738 bits per heavy atom. The lowest BCUT2D eigenvalue weighted by atomic mass is 9.78. The van der Waals surface area contributed by atoms with Crippen LogP contribution in [0, 0.1) is 29.4 Å². The van der Waals surface area contributed by atoms with E-state index in [1.54, 1.807) is 0 Å². The number of unbranched alkanes of at least 4 members (excludes halogenated alkanes) is 12. The molecule has 2 aliphatic carbocycles. The molecule has 1 aromatic carbocycles. The summed E-state index contributed by atoms with van der Waals surface area (Å²) in [4.78, 5) is 3.73. The number of aromatic nitrogens is 1. The summed E-state index contributed by atoms with van der Waals surface area (Å²) < 4.78 is 76.0. The molecule has 0 amide bonds. The molecular weight excluding hydrogens is 541 g/mol. The van der Waals surface area contributed by atoms with Crippen molar-refractivity contribution in [1.82, 2.24) is 4.98 Å². The average molecular weight is 592 g/mol. The summed E-state index contributed by atoms with van der Waals surface area (Å²) in [6, 6.07) is 4.27. The first kappa shape index (κ1) is 32.9. The molecule has 0 radical (unpaired) electrons. The van der Waals surface area contributed by atoms with E-state index in [1.165, 1.54) is 82.4 Å². The van der Waals surface area contributed by atoms with Crippen LogP contribution >= 0.6 is 0 Å². The van der Waals surface area contributed by atoms with Gasteiger partial charge in [0, 0.05) is 11.5 Å². The molecule has 1 fully saturated rings. The minimum absolute atomic E-state index is 0.128. The normalized spacial score (nSPS) is 17.9. The largest absolute Gasteiger partial charge is 0.280 e. The first-order chi connectivity index (χ1) is 20.3. The standard InChI is InChI=1S/C36H50F5N/c1-2-3-4-5-7-12-15-18-29-23-21-28-25-31(42-35(39)32(28)36(29,40)41)30-24-22-27(33(37)34(30)38)17-14-11-9-6-8-10-13-16-26-19-20-26/h22,24-26,29H,2-21,23H2,1H3. The number of rotatable bonds is 19. The van der Waals surface area contributed by atoms with Gasteiger partial charge in [0.15, 0.2) is 11.6 Å². The summed E-state index contributed by atoms with van der Waals surface area (Å²) in [6.07, 6.45) is 20.7. The number of alkyl halides is 2. The van der Waals surface area contributed by atoms with Crippen LogP contribution in [0.5, 0.6) is 0 Å². The summed E-state index contributed by atoms with van der Waals surface area (Å²) in [6.45, 7) is 2.16. The van der Waals surface area contributed by atoms with Crippen molar-refractivity contribution >= 4 is 0 Å². The van der Waals surface area contributed by atoms with Gasteiger partial charge in [-0.2, -0.15) is 4.39 Å². The summed E-state index contributed by atoms with van der Waals surface area (Å²) in [5.41, 5.74) is -0.533. The second kappa shape index (κ2) is 16.2. The highest BCUT2D eigenvalue weighted by Gasteiger charge is 2.47. The van der Waals surface area contributed by atoms with Crippen LogP contribution in [0.25, 0.3) is 11.3 Å². The maximum atomic E-state index is 15.4. The van der Waals surface area contributed by atoms with Gasteiger partial charge in [-0.3, -0.25) is 0 Å². The van der Waals surface area contributed by atoms with E-state index in [0.717, 1.165) is 44.4 Å². The molecule has 0 aliphatic heterocycles. The number of nitrogens with zero attached hydrogens (tertiary/aromatic N) is 1. The third-order valence-electron chi connectivity index (χ3n) is 9.51. The van der Waals surface area contributed by atoms with Crippen molar-refractivity contribution in [3.63, 3.8) is 0 Å². The Kier molecular flexibility index (Phi) is 12.7. The molecule has 1 heterocycles. The van der Waals surface area contributed by atoms with Gasteiger partial charge in [-0.1, -0.05) is 116 Å². The molecule has 234 valence electrons. The molecule has 2 aliphatic rings. The molecule has 0 saturated heterocycles. The molecule has 6 heteroatoms. The Bertz CT molecular complexity index is 1130. The van der Waals surface area contributed by atoms with E-state index in [4.69, 9.17) is 0 Å². The van der Waals surface area contributed by atoms with Crippen LogP contribution in [-0.4, -0.2) is 4.98 Å². The number of halogens is 5. The first-order valence-electron chi connectivity index (χ1n) is 16.9. The van der Waals surface area contributed by atoms with Crippen molar-refractivity contribution in [3.05, 3.63) is 52.5 Å². The number of hydrogen-bond acceptors (Lipinski definition) is 1. The third-order valence-corrected chi connectivity index (χ3v) is 9.51. The van der Waals surface area contributed by atoms with Gasteiger partial charge in [0.2, 0.25) is 5.95 Å². The van der Waals surface area contributed by atoms with Gasteiger partial charge in [0.05, 0.1) is 11.3 Å².